The summed E-state index contributed by atoms with van der Waals surface area (Å²) in [6, 6.07) is 7.22. The van der Waals surface area contributed by atoms with E-state index >= 15 is 0 Å². The second-order valence-corrected chi connectivity index (χ2v) is 15.5. The molecule has 0 aliphatic heterocycles. The maximum Gasteiger partial charge on any atom is 0.264 e. The predicted octanol–water partition coefficient (Wildman–Crippen LogP) is 5.07. The van der Waals surface area contributed by atoms with Gasteiger partial charge in [0.2, 0.25) is 0 Å². The molecule has 0 bridgehead atoms. The Morgan fingerprint density at radius 3 is 1.22 bits per heavy atom. The van der Waals surface area contributed by atoms with Crippen molar-refractivity contribution in [3.05, 3.63) is 57.6 Å². The van der Waals surface area contributed by atoms with E-state index in [0.29, 0.717) is 59.4 Å². The first-order valence-corrected chi connectivity index (χ1v) is 18.9. The normalized spacial score (nSPS) is 12.6. The van der Waals surface area contributed by atoms with E-state index in [-0.39, 0.29) is 37.2 Å². The first-order chi connectivity index (χ1) is 21.1. The average molecular weight is 717 g/mol. The van der Waals surface area contributed by atoms with Gasteiger partial charge in [0.15, 0.2) is 0 Å². The fourth-order valence-electron chi connectivity index (χ4n) is 4.81. The van der Waals surface area contributed by atoms with Gasteiger partial charge >= 0.3 is 0 Å². The molecule has 0 atom stereocenters. The third-order valence-corrected chi connectivity index (χ3v) is 10.0. The zero-order valence-electron chi connectivity index (χ0n) is 24.9. The van der Waals surface area contributed by atoms with Gasteiger partial charge in [0, 0.05) is 41.0 Å². The molecule has 0 radical (unpaired) electrons. The summed E-state index contributed by atoms with van der Waals surface area (Å²) in [5.41, 5.74) is 2.93. The summed E-state index contributed by atoms with van der Waals surface area (Å²) in [6.45, 7) is 3.88. The number of benzene rings is 2. The molecule has 0 spiro atoms. The minimum atomic E-state index is -4.23. The molecule has 18 heteroatoms. The highest BCUT2D eigenvalue weighted by Gasteiger charge is 2.28. The summed E-state index contributed by atoms with van der Waals surface area (Å²) in [5.74, 6) is -0.114. The number of hydrogen-bond acceptors (Lipinski definition) is 14. The molecule has 0 aromatic heterocycles. The van der Waals surface area contributed by atoms with Crippen molar-refractivity contribution in [1.82, 2.24) is 0 Å². The van der Waals surface area contributed by atoms with Crippen molar-refractivity contribution >= 4 is 44.3 Å². The van der Waals surface area contributed by atoms with Crippen LogP contribution in [0.5, 0.6) is 11.5 Å². The van der Waals surface area contributed by atoms with Crippen LogP contribution in [0.1, 0.15) is 72.9 Å². The molecule has 0 unspecified atom stereocenters. The van der Waals surface area contributed by atoms with Crippen molar-refractivity contribution in [3.8, 4) is 11.5 Å². The van der Waals surface area contributed by atoms with E-state index in [1.165, 1.54) is 0 Å². The molecule has 2 aromatic rings. The van der Waals surface area contributed by atoms with E-state index in [9.17, 15) is 36.2 Å². The summed E-state index contributed by atoms with van der Waals surface area (Å²) in [6.07, 6.45) is 2.33. The van der Waals surface area contributed by atoms with E-state index in [4.69, 9.17) is 10.5 Å². The minimum absolute atomic E-state index is 0.0281. The fourth-order valence-corrected chi connectivity index (χ4v) is 6.58. The van der Waals surface area contributed by atoms with Gasteiger partial charge < -0.3 is 10.2 Å². The highest BCUT2D eigenvalue weighted by Crippen LogP contribution is 2.40. The Morgan fingerprint density at radius 1 is 0.622 bits per heavy atom. The SMILES string of the molecule is CC(C)(c1cc(CCCSOOO)c(O)c(CCCSOOO)c1)c1cc(CCCS(=O)(=O)O)c(O)c(CCCS(=O)(=O)O)c1. The summed E-state index contributed by atoms with van der Waals surface area (Å²) in [7, 11) is -8.45. The third kappa shape index (κ3) is 13.9. The van der Waals surface area contributed by atoms with Crippen molar-refractivity contribution in [2.45, 2.75) is 70.6 Å². The van der Waals surface area contributed by atoms with Gasteiger partial charge in [-0.3, -0.25) is 9.11 Å². The molecule has 0 aliphatic carbocycles. The van der Waals surface area contributed by atoms with Gasteiger partial charge in [0.25, 0.3) is 20.2 Å². The van der Waals surface area contributed by atoms with Crippen molar-refractivity contribution < 1.29 is 65.4 Å². The van der Waals surface area contributed by atoms with E-state index in [2.05, 4.69) is 18.7 Å². The number of hydrogen-bond donors (Lipinski definition) is 6. The second kappa shape index (κ2) is 18.6. The summed E-state index contributed by atoms with van der Waals surface area (Å²) in [4.78, 5) is 0. The van der Waals surface area contributed by atoms with Gasteiger partial charge in [0.1, 0.15) is 11.5 Å². The average Bonchev–Trinajstić information content (AvgIpc) is 2.94. The Hall–Kier alpha value is -1.68. The highest BCUT2D eigenvalue weighted by molar-refractivity contribution is 7.94. The lowest BCUT2D eigenvalue weighted by Crippen LogP contribution is -2.21. The molecule has 0 aliphatic rings. The Balaban J connectivity index is 2.54. The lowest BCUT2D eigenvalue weighted by molar-refractivity contribution is -0.432. The Bertz CT molecular complexity index is 1350. The van der Waals surface area contributed by atoms with Crippen molar-refractivity contribution in [1.29, 1.82) is 0 Å². The summed E-state index contributed by atoms with van der Waals surface area (Å²) >= 11 is 1.80. The lowest BCUT2D eigenvalue weighted by atomic mass is 9.75. The molecule has 0 amide bonds. The van der Waals surface area contributed by atoms with Crippen LogP contribution in [0.4, 0.5) is 0 Å². The molecule has 0 saturated heterocycles. The molecule has 45 heavy (non-hydrogen) atoms. The van der Waals surface area contributed by atoms with Crippen molar-refractivity contribution in [2.24, 2.45) is 0 Å². The van der Waals surface area contributed by atoms with Crippen LogP contribution in [0.3, 0.4) is 0 Å². The monoisotopic (exact) mass is 716 g/mol. The van der Waals surface area contributed by atoms with Crippen LogP contribution in [0.25, 0.3) is 0 Å². The quantitative estimate of drug-likeness (QED) is 0.0307. The van der Waals surface area contributed by atoms with E-state index in [1.54, 1.807) is 12.1 Å². The minimum Gasteiger partial charge on any atom is -0.507 e. The van der Waals surface area contributed by atoms with Gasteiger partial charge in [-0.2, -0.15) is 16.8 Å². The fraction of sp³-hybridized carbons (Fsp3) is 0.556. The van der Waals surface area contributed by atoms with Crippen LogP contribution in [0.2, 0.25) is 0 Å². The van der Waals surface area contributed by atoms with Gasteiger partial charge in [-0.15, -0.1) is 8.67 Å². The Morgan fingerprint density at radius 2 is 0.933 bits per heavy atom. The van der Waals surface area contributed by atoms with Gasteiger partial charge in [0.05, 0.1) is 11.5 Å². The van der Waals surface area contributed by atoms with Crippen LogP contribution in [-0.2, 0) is 70.1 Å². The Labute approximate surface area is 271 Å². The molecule has 2 aromatic carbocycles. The van der Waals surface area contributed by atoms with Gasteiger partial charge in [-0.1, -0.05) is 48.2 Å². The maximum absolute atomic E-state index is 11.3. The number of aromatic hydroxyl groups is 2. The summed E-state index contributed by atoms with van der Waals surface area (Å²) in [5, 5.41) is 46.1. The van der Waals surface area contributed by atoms with Crippen LogP contribution in [0.15, 0.2) is 24.3 Å². The maximum atomic E-state index is 11.3. The molecule has 0 saturated carbocycles. The zero-order chi connectivity index (χ0) is 33.7. The van der Waals surface area contributed by atoms with E-state index in [1.807, 2.05) is 26.0 Å². The van der Waals surface area contributed by atoms with Crippen molar-refractivity contribution in [3.63, 3.8) is 0 Å². The van der Waals surface area contributed by atoms with Gasteiger partial charge in [-0.25, -0.2) is 10.5 Å². The Kier molecular flexibility index (Phi) is 16.3. The molecule has 0 heterocycles. The number of phenols is 2. The van der Waals surface area contributed by atoms with Crippen LogP contribution in [-0.4, -0.2) is 69.7 Å². The highest BCUT2D eigenvalue weighted by atomic mass is 32.2. The van der Waals surface area contributed by atoms with E-state index in [0.717, 1.165) is 35.2 Å². The zero-order valence-corrected chi connectivity index (χ0v) is 28.1. The van der Waals surface area contributed by atoms with Crippen LogP contribution in [0, 0.1) is 0 Å². The molecule has 2 rings (SSSR count). The van der Waals surface area contributed by atoms with Crippen LogP contribution >= 0.6 is 24.1 Å². The molecular weight excluding hydrogens is 677 g/mol. The van der Waals surface area contributed by atoms with Gasteiger partial charge in [-0.05, 0) is 84.7 Å². The van der Waals surface area contributed by atoms with E-state index < -0.39 is 37.2 Å². The number of aryl methyl sites for hydroxylation is 4. The largest absolute Gasteiger partial charge is 0.507 e. The summed E-state index contributed by atoms with van der Waals surface area (Å²) < 4.78 is 72.4. The molecule has 14 nitrogen and oxygen atoms in total. The van der Waals surface area contributed by atoms with Crippen molar-refractivity contribution in [2.75, 3.05) is 23.0 Å². The number of phenolic OH excluding ortho intramolecular Hbond substituents is 2. The number of rotatable bonds is 22. The molecule has 256 valence electrons. The molecule has 0 fully saturated rings. The van der Waals surface area contributed by atoms with Crippen LogP contribution < -0.4 is 0 Å². The standard InChI is InChI=1S/C27H40O14S4/c1-27(2,23-15-19(7-3-11-42-40-38-30)25(28)20(16-23)8-4-12-43-41-39-31)24-17-21(9-5-13-44(32,33)34)26(29)22(18-24)10-6-14-45(35,36)37/h15-18,28-31H,3-14H2,1-2H3,(H,32,33,34)(H,35,36,37). The topological polar surface area (TPSA) is 227 Å². The molecular formula is C27H40O14S4. The second-order valence-electron chi connectivity index (χ2n) is 10.8. The smallest absolute Gasteiger partial charge is 0.264 e. The molecule has 6 N–H and O–H groups in total. The predicted molar refractivity (Wildman–Crippen MR) is 169 cm³/mol. The first kappa shape index (κ1) is 39.5. The lowest BCUT2D eigenvalue weighted by Gasteiger charge is -2.30. The third-order valence-electron chi connectivity index (χ3n) is 7.18. The first-order valence-electron chi connectivity index (χ1n) is 13.9.